The van der Waals surface area contributed by atoms with Crippen molar-refractivity contribution >= 4 is 34.7 Å². The molecule has 6 heteroatoms. The molecule has 0 spiro atoms. The average Bonchev–Trinajstić information content (AvgIpc) is 2.70. The maximum Gasteiger partial charge on any atom is 0.186 e. The molecule has 0 aliphatic heterocycles. The van der Waals surface area contributed by atoms with Crippen LogP contribution in [-0.4, -0.2) is 34.7 Å². The lowest BCUT2D eigenvalue weighted by molar-refractivity contribution is -0.118. The van der Waals surface area contributed by atoms with Gasteiger partial charge in [0, 0.05) is 70.3 Å². The van der Waals surface area contributed by atoms with E-state index >= 15 is 0 Å². The summed E-state index contributed by atoms with van der Waals surface area (Å²) in [4.78, 5) is 74.9. The van der Waals surface area contributed by atoms with E-state index in [1.807, 2.05) is 0 Å². The summed E-state index contributed by atoms with van der Waals surface area (Å²) in [6.07, 6.45) is 4.51. The monoisotopic (exact) mass is 372 g/mol. The van der Waals surface area contributed by atoms with E-state index in [0.717, 1.165) is 0 Å². The van der Waals surface area contributed by atoms with Crippen LogP contribution in [0, 0.1) is 0 Å². The molecule has 0 unspecified atom stereocenters. The number of hydrogen-bond donors (Lipinski definition) is 0. The van der Waals surface area contributed by atoms with Gasteiger partial charge in [0.25, 0.3) is 0 Å². The Balaban J connectivity index is 1.55. The second-order valence-electron chi connectivity index (χ2n) is 7.32. The zero-order valence-electron chi connectivity index (χ0n) is 14.6. The Morgan fingerprint density at radius 2 is 0.571 bits per heavy atom. The Morgan fingerprint density at radius 1 is 0.357 bits per heavy atom. The first-order chi connectivity index (χ1) is 13.4. The smallest absolute Gasteiger partial charge is 0.186 e. The Labute approximate surface area is 158 Å². The molecule has 0 saturated heterocycles. The lowest BCUT2D eigenvalue weighted by Gasteiger charge is -2.32. The van der Waals surface area contributed by atoms with E-state index in [1.165, 1.54) is 24.3 Å². The van der Waals surface area contributed by atoms with Crippen molar-refractivity contribution in [3.8, 4) is 0 Å². The maximum atomic E-state index is 13.1. The fourth-order valence-corrected chi connectivity index (χ4v) is 4.44. The van der Waals surface area contributed by atoms with Crippen molar-refractivity contribution in [3.05, 3.63) is 68.9 Å². The van der Waals surface area contributed by atoms with Crippen molar-refractivity contribution in [2.75, 3.05) is 0 Å². The van der Waals surface area contributed by atoms with Crippen LogP contribution in [0.15, 0.2) is 68.9 Å². The number of carbonyl (C=O) groups is 6. The Kier molecular flexibility index (Phi) is 3.25. The number of carbonyl (C=O) groups excluding carboxylic acids is 6. The van der Waals surface area contributed by atoms with E-state index in [1.54, 1.807) is 0 Å². The molecule has 0 saturated carbocycles. The molecule has 28 heavy (non-hydrogen) atoms. The van der Waals surface area contributed by atoms with Gasteiger partial charge in [-0.3, -0.25) is 28.8 Å². The Bertz CT molecular complexity index is 1010. The molecule has 5 aliphatic carbocycles. The summed E-state index contributed by atoms with van der Waals surface area (Å²) in [5.74, 6) is -2.04. The van der Waals surface area contributed by atoms with Gasteiger partial charge in [-0.2, -0.15) is 0 Å². The molecule has 6 nitrogen and oxygen atoms in total. The highest BCUT2D eigenvalue weighted by Crippen LogP contribution is 2.44. The van der Waals surface area contributed by atoms with Gasteiger partial charge in [0.1, 0.15) is 0 Å². The Morgan fingerprint density at radius 3 is 0.786 bits per heavy atom. The van der Waals surface area contributed by atoms with Crippen molar-refractivity contribution in [3.63, 3.8) is 0 Å². The molecule has 5 aliphatic rings. The SMILES string of the molecule is O=C1C=CC(=O)C2=C1CC1=C(C2)C(=O)C2=C(CC3=C(C2)C(=O)C=CC3=O)C1=O. The van der Waals surface area contributed by atoms with Crippen LogP contribution < -0.4 is 0 Å². The van der Waals surface area contributed by atoms with Crippen LogP contribution in [-0.2, 0) is 28.8 Å². The molecular weight excluding hydrogens is 360 g/mol. The number of rotatable bonds is 0. The summed E-state index contributed by atoms with van der Waals surface area (Å²) in [5, 5.41) is 0. The van der Waals surface area contributed by atoms with Crippen molar-refractivity contribution in [1.82, 2.24) is 0 Å². The first-order valence-corrected chi connectivity index (χ1v) is 8.87. The van der Waals surface area contributed by atoms with E-state index in [0.29, 0.717) is 0 Å². The first-order valence-electron chi connectivity index (χ1n) is 8.87. The molecule has 0 atom stereocenters. The largest absolute Gasteiger partial charge is 0.290 e. The van der Waals surface area contributed by atoms with Crippen LogP contribution in [0.1, 0.15) is 25.7 Å². The fraction of sp³-hybridized carbons (Fsp3) is 0.182. The zero-order valence-corrected chi connectivity index (χ0v) is 14.6. The highest BCUT2D eigenvalue weighted by atomic mass is 16.2. The quantitative estimate of drug-likeness (QED) is 0.595. The highest BCUT2D eigenvalue weighted by molar-refractivity contribution is 6.31. The van der Waals surface area contributed by atoms with Crippen molar-refractivity contribution in [2.45, 2.75) is 25.7 Å². The van der Waals surface area contributed by atoms with Crippen LogP contribution in [0.2, 0.25) is 0 Å². The molecule has 136 valence electrons. The maximum absolute atomic E-state index is 13.1. The number of ketones is 6. The summed E-state index contributed by atoms with van der Waals surface area (Å²) >= 11 is 0. The molecule has 0 fully saturated rings. The van der Waals surface area contributed by atoms with Crippen LogP contribution in [0.4, 0.5) is 0 Å². The van der Waals surface area contributed by atoms with Crippen molar-refractivity contribution in [1.29, 1.82) is 0 Å². The molecule has 0 amide bonds. The highest BCUT2D eigenvalue weighted by Gasteiger charge is 2.43. The molecule has 0 heterocycles. The molecule has 0 N–H and O–H groups in total. The second kappa shape index (κ2) is 5.48. The van der Waals surface area contributed by atoms with Gasteiger partial charge in [0.15, 0.2) is 34.7 Å². The molecule has 0 aromatic carbocycles. The predicted molar refractivity (Wildman–Crippen MR) is 94.9 cm³/mol. The lowest BCUT2D eigenvalue weighted by Crippen LogP contribution is -2.33. The van der Waals surface area contributed by atoms with E-state index < -0.39 is 0 Å². The summed E-state index contributed by atoms with van der Waals surface area (Å²) in [7, 11) is 0. The molecule has 5 rings (SSSR count). The standard InChI is InChI=1S/C22H12O6/c23-17-1-2-18(24)10-6-14-13(5-9(10)17)21(27)15-7-11-12(8-16(15)22(14)28)20(26)4-3-19(11)25/h1-4H,5-8H2. The van der Waals surface area contributed by atoms with Crippen LogP contribution >= 0.6 is 0 Å². The van der Waals surface area contributed by atoms with E-state index in [4.69, 9.17) is 0 Å². The van der Waals surface area contributed by atoms with Gasteiger partial charge in [0.05, 0.1) is 0 Å². The van der Waals surface area contributed by atoms with E-state index in [2.05, 4.69) is 0 Å². The third-order valence-electron chi connectivity index (χ3n) is 5.93. The molecule has 0 bridgehead atoms. The second-order valence-corrected chi connectivity index (χ2v) is 7.32. The number of hydrogen-bond acceptors (Lipinski definition) is 6. The topological polar surface area (TPSA) is 102 Å². The van der Waals surface area contributed by atoms with Gasteiger partial charge in [-0.15, -0.1) is 0 Å². The van der Waals surface area contributed by atoms with Gasteiger partial charge >= 0.3 is 0 Å². The van der Waals surface area contributed by atoms with Crippen LogP contribution in [0.5, 0.6) is 0 Å². The van der Waals surface area contributed by atoms with Crippen molar-refractivity contribution < 1.29 is 28.8 Å². The minimum atomic E-state index is -0.368. The summed E-state index contributed by atoms with van der Waals surface area (Å²) in [5.41, 5.74) is 1.97. The normalized spacial score (nSPS) is 24.1. The summed E-state index contributed by atoms with van der Waals surface area (Å²) in [6.45, 7) is 0. The van der Waals surface area contributed by atoms with Gasteiger partial charge in [-0.1, -0.05) is 0 Å². The van der Waals surface area contributed by atoms with Crippen molar-refractivity contribution in [2.24, 2.45) is 0 Å². The van der Waals surface area contributed by atoms with Crippen LogP contribution in [0.25, 0.3) is 0 Å². The van der Waals surface area contributed by atoms with Crippen LogP contribution in [0.3, 0.4) is 0 Å². The molecule has 0 aromatic rings. The molecule has 0 radical (unpaired) electrons. The molecule has 0 aromatic heterocycles. The summed E-state index contributed by atoms with van der Waals surface area (Å²) in [6, 6.07) is 0. The minimum absolute atomic E-state index is 0.0559. The van der Waals surface area contributed by atoms with E-state index in [-0.39, 0.29) is 105 Å². The third-order valence-corrected chi connectivity index (χ3v) is 5.93. The van der Waals surface area contributed by atoms with E-state index in [9.17, 15) is 28.8 Å². The predicted octanol–water partition coefficient (Wildman–Crippen LogP) is 1.33. The fourth-order valence-electron chi connectivity index (χ4n) is 4.44. The first kappa shape index (κ1) is 16.6. The number of Topliss-reactive ketones (excluding diaryl/α,β-unsaturated/α-hetero) is 2. The van der Waals surface area contributed by atoms with Gasteiger partial charge in [-0.05, 0) is 24.3 Å². The van der Waals surface area contributed by atoms with Gasteiger partial charge < -0.3 is 0 Å². The third kappa shape index (κ3) is 2.08. The summed E-state index contributed by atoms with van der Waals surface area (Å²) < 4.78 is 0. The zero-order chi connectivity index (χ0) is 19.7. The van der Waals surface area contributed by atoms with Gasteiger partial charge in [-0.25, -0.2) is 0 Å². The Hall–Kier alpha value is -3.54. The molecular formula is C22H12O6. The van der Waals surface area contributed by atoms with Gasteiger partial charge in [0.2, 0.25) is 0 Å². The lowest BCUT2D eigenvalue weighted by atomic mass is 9.68. The number of allylic oxidation sites excluding steroid dienone is 12. The average molecular weight is 372 g/mol. The minimum Gasteiger partial charge on any atom is -0.290 e.